The van der Waals surface area contributed by atoms with Crippen molar-refractivity contribution in [2.24, 2.45) is 46.3 Å². The van der Waals surface area contributed by atoms with Crippen molar-refractivity contribution in [2.45, 2.75) is 132 Å². The van der Waals surface area contributed by atoms with Crippen LogP contribution in [0.5, 0.6) is 0 Å². The minimum atomic E-state index is -0.562. The molecule has 0 radical (unpaired) electrons. The number of aldehydes is 2. The highest BCUT2D eigenvalue weighted by Crippen LogP contribution is 2.58. The van der Waals surface area contributed by atoms with Gasteiger partial charge in [-0.25, -0.2) is 0 Å². The molecule has 4 rings (SSSR count). The lowest BCUT2D eigenvalue weighted by Crippen LogP contribution is -2.43. The van der Waals surface area contributed by atoms with Gasteiger partial charge in [-0.2, -0.15) is 0 Å². The lowest BCUT2D eigenvalue weighted by atomic mass is 9.62. The van der Waals surface area contributed by atoms with Gasteiger partial charge in [0.2, 0.25) is 0 Å². The minimum absolute atomic E-state index is 0. The Morgan fingerprint density at radius 2 is 1.17 bits per heavy atom. The number of hydrogen-bond donors (Lipinski definition) is 1. The second-order valence-corrected chi connectivity index (χ2v) is 13.2. The van der Waals surface area contributed by atoms with Gasteiger partial charge in [0.15, 0.2) is 0 Å². The molecule has 0 amide bonds. The zero-order valence-electron chi connectivity index (χ0n) is 25.6. The van der Waals surface area contributed by atoms with Gasteiger partial charge in [0.1, 0.15) is 18.7 Å². The number of carbonyl (C=O) groups excluding carboxylic acids is 5. The number of hydrogen-bond acceptors (Lipinski definition) is 8. The van der Waals surface area contributed by atoms with Gasteiger partial charge in [-0.05, 0) is 86.4 Å². The van der Waals surface area contributed by atoms with E-state index in [0.717, 1.165) is 70.4 Å². The van der Waals surface area contributed by atoms with Crippen molar-refractivity contribution in [3.63, 3.8) is 0 Å². The van der Waals surface area contributed by atoms with E-state index in [9.17, 15) is 29.1 Å². The van der Waals surface area contributed by atoms with Gasteiger partial charge >= 0.3 is 17.9 Å². The minimum Gasteiger partial charge on any atom is -0.462 e. The Balaban J connectivity index is 0.000000332. The van der Waals surface area contributed by atoms with Crippen LogP contribution in [-0.4, -0.2) is 47.8 Å². The van der Waals surface area contributed by atoms with Crippen LogP contribution in [0.1, 0.15) is 120 Å². The van der Waals surface area contributed by atoms with Crippen molar-refractivity contribution in [3.05, 3.63) is 0 Å². The van der Waals surface area contributed by atoms with Crippen LogP contribution in [0, 0.1) is 46.3 Å². The third-order valence-corrected chi connectivity index (χ3v) is 10.6. The molecule has 4 aliphatic carbocycles. The Morgan fingerprint density at radius 3 is 1.59 bits per heavy atom. The Morgan fingerprint density at radius 1 is 0.732 bits per heavy atom. The van der Waals surface area contributed by atoms with Crippen molar-refractivity contribution >= 4 is 30.5 Å². The first kappa shape index (κ1) is 36.9. The summed E-state index contributed by atoms with van der Waals surface area (Å²) < 4.78 is 9.48. The average Bonchev–Trinajstić information content (AvgIpc) is 3.41. The third-order valence-electron chi connectivity index (χ3n) is 10.6. The number of aliphatic hydroxyl groups is 1. The molecule has 8 nitrogen and oxygen atoms in total. The summed E-state index contributed by atoms with van der Waals surface area (Å²) in [6.07, 6.45) is 13.1. The number of fused-ring (bicyclic) bond motifs is 2. The van der Waals surface area contributed by atoms with Gasteiger partial charge in [0, 0.05) is 38.5 Å². The molecule has 10 atom stereocenters. The van der Waals surface area contributed by atoms with Gasteiger partial charge in [0.05, 0.1) is 6.10 Å². The van der Waals surface area contributed by atoms with Crippen LogP contribution in [0.3, 0.4) is 0 Å². The van der Waals surface area contributed by atoms with Crippen LogP contribution >= 0.6 is 0 Å². The summed E-state index contributed by atoms with van der Waals surface area (Å²) in [4.78, 5) is 52.8. The lowest BCUT2D eigenvalue weighted by Gasteiger charge is -2.45. The summed E-state index contributed by atoms with van der Waals surface area (Å²) in [6.45, 7) is 12.5. The molecule has 0 aromatic carbocycles. The molecule has 0 spiro atoms. The first-order valence-electron chi connectivity index (χ1n) is 15.2. The monoisotopic (exact) mass is 580 g/mol. The van der Waals surface area contributed by atoms with E-state index < -0.39 is 11.9 Å². The highest BCUT2D eigenvalue weighted by Gasteiger charge is 2.54. The molecule has 1 N–H and O–H groups in total. The fourth-order valence-electron chi connectivity index (χ4n) is 8.82. The van der Waals surface area contributed by atoms with Crippen LogP contribution in [0.15, 0.2) is 0 Å². The molecule has 0 heterocycles. The molecule has 0 aliphatic heterocycles. The van der Waals surface area contributed by atoms with Crippen LogP contribution in [-0.2, 0) is 33.4 Å². The molecule has 6 unspecified atom stereocenters. The van der Waals surface area contributed by atoms with Crippen molar-refractivity contribution in [2.75, 3.05) is 0 Å². The largest absolute Gasteiger partial charge is 0.462 e. The fourth-order valence-corrected chi connectivity index (χ4v) is 8.82. The summed E-state index contributed by atoms with van der Waals surface area (Å²) in [7, 11) is 0. The average molecular weight is 581 g/mol. The van der Waals surface area contributed by atoms with E-state index in [2.05, 4.69) is 18.6 Å². The maximum absolute atomic E-state index is 11.2. The summed E-state index contributed by atoms with van der Waals surface area (Å²) >= 11 is 0. The first-order chi connectivity index (χ1) is 18.7. The molecule has 0 saturated heterocycles. The Labute approximate surface area is 247 Å². The Hall–Kier alpha value is -2.09. The van der Waals surface area contributed by atoms with E-state index in [-0.39, 0.29) is 48.3 Å². The summed E-state index contributed by atoms with van der Waals surface area (Å²) in [6, 6.07) is 0. The second-order valence-electron chi connectivity index (χ2n) is 13.2. The van der Waals surface area contributed by atoms with Gasteiger partial charge in [-0.15, -0.1) is 0 Å². The van der Waals surface area contributed by atoms with E-state index in [0.29, 0.717) is 23.7 Å². The summed E-state index contributed by atoms with van der Waals surface area (Å²) in [5, 5.41) is 10.0. The quantitative estimate of drug-likeness (QED) is 0.235. The van der Waals surface area contributed by atoms with Crippen molar-refractivity contribution in [1.29, 1.82) is 0 Å². The smallest absolute Gasteiger partial charge is 0.310 e. The van der Waals surface area contributed by atoms with Crippen LogP contribution in [0.25, 0.3) is 0 Å². The molecular formula is C33H56O8. The number of esters is 3. The number of rotatable bonds is 5. The molecule has 4 fully saturated rings. The maximum atomic E-state index is 11.2. The molecule has 4 aliphatic rings. The van der Waals surface area contributed by atoms with E-state index in [4.69, 9.17) is 4.74 Å². The van der Waals surface area contributed by atoms with Gasteiger partial charge in [0.25, 0.3) is 0 Å². The van der Waals surface area contributed by atoms with Crippen molar-refractivity contribution < 1.29 is 38.6 Å². The molecule has 0 bridgehead atoms. The lowest BCUT2D eigenvalue weighted by molar-refractivity contribution is -0.157. The first-order valence-corrected chi connectivity index (χ1v) is 15.2. The SMILES string of the molecule is C.CC(=O)OC(C)=O.CC(=O)O[C@H]1CCC[C@]2(C)C(C(C)C=O)CCC12.CC(C=O)C1CCC2[C@@H](O)CCC[C@]12C. The molecule has 8 heteroatoms. The van der Waals surface area contributed by atoms with E-state index >= 15 is 0 Å². The molecule has 4 saturated carbocycles. The predicted molar refractivity (Wildman–Crippen MR) is 158 cm³/mol. The molecular weight excluding hydrogens is 524 g/mol. The number of aliphatic hydroxyl groups excluding tert-OH is 1. The predicted octanol–water partition coefficient (Wildman–Crippen LogP) is 6.10. The number of carbonyl (C=O) groups is 5. The zero-order valence-corrected chi connectivity index (χ0v) is 25.6. The van der Waals surface area contributed by atoms with Crippen molar-refractivity contribution in [3.8, 4) is 0 Å². The highest BCUT2D eigenvalue weighted by atomic mass is 16.6. The standard InChI is InChI=1S/C15H24O3.C13H22O2.C4H6O3.CH4/c1-10(9-16)12-6-7-13-14(18-11(2)17)5-4-8-15(12,13)3;1-9(8-14)10-5-6-11-12(15)4-3-7-13(10,11)2;1-3(5)7-4(2)6;/h9-10,12-14H,4-8H2,1-3H3;8-12,15H,3-7H2,1-2H3;1-2H3;1H4/t10?,12?,13?,14-,15+;9?,10?,11?,12-,13+;;/m00../s1. The highest BCUT2D eigenvalue weighted by molar-refractivity contribution is 5.82. The maximum Gasteiger partial charge on any atom is 0.310 e. The van der Waals surface area contributed by atoms with Crippen molar-refractivity contribution in [1.82, 2.24) is 0 Å². The summed E-state index contributed by atoms with van der Waals surface area (Å²) in [5.41, 5.74) is 0.399. The van der Waals surface area contributed by atoms with Crippen LogP contribution < -0.4 is 0 Å². The Bertz CT molecular complexity index is 890. The number of ether oxygens (including phenoxy) is 2. The van der Waals surface area contributed by atoms with Gasteiger partial charge < -0.3 is 24.2 Å². The normalized spacial score (nSPS) is 36.6. The van der Waals surface area contributed by atoms with E-state index in [1.807, 2.05) is 13.8 Å². The summed E-state index contributed by atoms with van der Waals surface area (Å²) in [5.74, 6) is 0.826. The van der Waals surface area contributed by atoms with Gasteiger partial charge in [-0.3, -0.25) is 14.4 Å². The molecule has 236 valence electrons. The van der Waals surface area contributed by atoms with Crippen LogP contribution in [0.4, 0.5) is 0 Å². The molecule has 0 aromatic heterocycles. The second kappa shape index (κ2) is 15.9. The van der Waals surface area contributed by atoms with Gasteiger partial charge in [-0.1, -0.05) is 41.5 Å². The molecule has 41 heavy (non-hydrogen) atoms. The third kappa shape index (κ3) is 8.95. The zero-order chi connectivity index (χ0) is 30.3. The fraction of sp³-hybridized carbons (Fsp3) is 0.848. The van der Waals surface area contributed by atoms with E-state index in [1.54, 1.807) is 0 Å². The topological polar surface area (TPSA) is 124 Å². The molecule has 0 aromatic rings. The van der Waals surface area contributed by atoms with E-state index in [1.165, 1.54) is 27.2 Å². The Kier molecular flexibility index (Phi) is 14.4. The van der Waals surface area contributed by atoms with Crippen LogP contribution in [0.2, 0.25) is 0 Å².